The van der Waals surface area contributed by atoms with E-state index in [4.69, 9.17) is 38.9 Å². The number of hydrogen-bond donors (Lipinski definition) is 4. The third-order valence-corrected chi connectivity index (χ3v) is 8.36. The third-order valence-electron chi connectivity index (χ3n) is 8.36. The summed E-state index contributed by atoms with van der Waals surface area (Å²) in [6.07, 6.45) is 3.40. The number of nitrogens with zero attached hydrogens (tertiary/aromatic N) is 4. The van der Waals surface area contributed by atoms with Crippen LogP contribution in [0.4, 0.5) is 22.7 Å². The number of carbonyl (C=O) groups is 4. The summed E-state index contributed by atoms with van der Waals surface area (Å²) in [5.74, 6) is 0.619. The van der Waals surface area contributed by atoms with E-state index in [1.165, 1.54) is 0 Å². The average Bonchev–Trinajstić information content (AvgIpc) is 3.82. The van der Waals surface area contributed by atoms with Crippen LogP contribution in [0.15, 0.2) is 141 Å². The highest BCUT2D eigenvalue weighted by molar-refractivity contribution is 6.47. The maximum atomic E-state index is 12.2. The van der Waals surface area contributed by atoms with Gasteiger partial charge in [0.25, 0.3) is 0 Å². The molecule has 2 heterocycles. The van der Waals surface area contributed by atoms with Gasteiger partial charge < -0.3 is 40.2 Å². The number of hydrogen-bond acceptors (Lipinski definition) is 14. The molecule has 306 valence electrons. The van der Waals surface area contributed by atoms with E-state index < -0.39 is 23.9 Å². The molecule has 16 heteroatoms. The van der Waals surface area contributed by atoms with Crippen LogP contribution in [0.25, 0.3) is 0 Å². The molecule has 60 heavy (non-hydrogen) atoms. The number of benzene rings is 4. The number of nitrogens with one attached hydrogen (secondary N) is 4. The molecule has 0 bridgehead atoms. The van der Waals surface area contributed by atoms with Crippen molar-refractivity contribution in [3.05, 3.63) is 143 Å². The van der Waals surface area contributed by atoms with Gasteiger partial charge in [-0.15, -0.1) is 0 Å². The summed E-state index contributed by atoms with van der Waals surface area (Å²) in [6.45, 7) is 8.02. The Kier molecular flexibility index (Phi) is 13.9. The Hall–Kier alpha value is -7.88. The Balaban J connectivity index is 1.29. The number of allylic oxidation sites excluding steroid dienone is 2. The van der Waals surface area contributed by atoms with Gasteiger partial charge in [0, 0.05) is 11.4 Å². The Morgan fingerprint density at radius 3 is 1.05 bits per heavy atom. The number of anilines is 2. The SMILES string of the molecule is CCOC(=O)c1ccc(N=C2N/C(=C/C=C3/N=C(Nc4ccc(C(=O)OCC)cc4)C(=Nc4ccc(C(=O)OCC)cc4)N3)N=C2Nc2ccc(C(=O)OCC)cc2)cc1. The highest BCUT2D eigenvalue weighted by atomic mass is 16.5. The Morgan fingerprint density at radius 1 is 0.483 bits per heavy atom. The molecule has 0 aliphatic carbocycles. The van der Waals surface area contributed by atoms with Gasteiger partial charge in [-0.25, -0.2) is 39.1 Å². The highest BCUT2D eigenvalue weighted by Crippen LogP contribution is 2.21. The largest absolute Gasteiger partial charge is 0.462 e. The molecule has 6 rings (SSSR count). The van der Waals surface area contributed by atoms with Crippen molar-refractivity contribution < 1.29 is 38.1 Å². The number of ether oxygens (including phenoxy) is 4. The zero-order valence-corrected chi connectivity index (χ0v) is 33.3. The summed E-state index contributed by atoms with van der Waals surface area (Å²) < 4.78 is 20.4. The van der Waals surface area contributed by atoms with Crippen LogP contribution in [0.1, 0.15) is 69.1 Å². The lowest BCUT2D eigenvalue weighted by atomic mass is 10.2. The lowest BCUT2D eigenvalue weighted by molar-refractivity contribution is 0.0517. The van der Waals surface area contributed by atoms with Crippen LogP contribution in [0.2, 0.25) is 0 Å². The van der Waals surface area contributed by atoms with Gasteiger partial charge in [-0.05, 0) is 137 Å². The molecule has 2 aliphatic rings. The molecule has 16 nitrogen and oxygen atoms in total. The molecule has 0 fully saturated rings. The molecular weight excluding hydrogens is 769 g/mol. The van der Waals surface area contributed by atoms with Gasteiger partial charge in [0.1, 0.15) is 11.6 Å². The second-order valence-corrected chi connectivity index (χ2v) is 12.6. The average molecular weight is 811 g/mol. The second kappa shape index (κ2) is 20.0. The molecule has 0 unspecified atom stereocenters. The highest BCUT2D eigenvalue weighted by Gasteiger charge is 2.22. The van der Waals surface area contributed by atoms with Gasteiger partial charge in [0.15, 0.2) is 23.3 Å². The lowest BCUT2D eigenvalue weighted by Crippen LogP contribution is -2.28. The minimum atomic E-state index is -0.433. The first kappa shape index (κ1) is 41.7. The van der Waals surface area contributed by atoms with Crippen LogP contribution >= 0.6 is 0 Å². The first-order valence-electron chi connectivity index (χ1n) is 19.1. The van der Waals surface area contributed by atoms with Crippen molar-refractivity contribution in [2.75, 3.05) is 37.1 Å². The minimum Gasteiger partial charge on any atom is -0.462 e. The molecule has 4 aromatic carbocycles. The first-order chi connectivity index (χ1) is 29.2. The van der Waals surface area contributed by atoms with Crippen molar-refractivity contribution >= 4 is 70.0 Å². The maximum Gasteiger partial charge on any atom is 0.338 e. The number of aliphatic imine (C=N–C) groups is 4. The monoisotopic (exact) mass is 810 g/mol. The van der Waals surface area contributed by atoms with Crippen molar-refractivity contribution in [2.24, 2.45) is 20.0 Å². The van der Waals surface area contributed by atoms with Gasteiger partial charge in [-0.1, -0.05) is 0 Å². The van der Waals surface area contributed by atoms with Gasteiger partial charge >= 0.3 is 23.9 Å². The molecule has 0 saturated heterocycles. The smallest absolute Gasteiger partial charge is 0.338 e. The van der Waals surface area contributed by atoms with Crippen molar-refractivity contribution in [3.8, 4) is 0 Å². The van der Waals surface area contributed by atoms with E-state index in [0.717, 1.165) is 0 Å². The molecule has 0 spiro atoms. The standard InChI is InChI=1S/C44H42N8O8/c1-5-57-41(53)27-9-17-31(18-10-27)45-37-38(46-32-19-11-28(12-20-32)42(54)58-6-2)50-35(49-37)25-26-36-51-39(47-33-21-13-29(14-22-33)43(55)59-7-3)40(52-36)48-34-23-15-30(16-24-34)44(56)60-8-4/h9-26H,5-8H2,1-4H3,(H,45,49)(H,46,50)(H,47,51)(H,48,52). The zero-order valence-electron chi connectivity index (χ0n) is 33.3. The van der Waals surface area contributed by atoms with Crippen LogP contribution in [-0.4, -0.2) is 73.6 Å². The second-order valence-electron chi connectivity index (χ2n) is 12.6. The van der Waals surface area contributed by atoms with Crippen molar-refractivity contribution in [1.29, 1.82) is 0 Å². The normalized spacial score (nSPS) is 15.8. The van der Waals surface area contributed by atoms with Gasteiger partial charge in [0.05, 0.1) is 60.1 Å². The molecule has 4 N–H and O–H groups in total. The Morgan fingerprint density at radius 2 is 0.767 bits per heavy atom. The molecule has 4 aromatic rings. The number of rotatable bonds is 13. The number of amidine groups is 4. The molecule has 0 atom stereocenters. The summed E-state index contributed by atoms with van der Waals surface area (Å²) in [5.41, 5.74) is 3.95. The fourth-order valence-corrected chi connectivity index (χ4v) is 5.53. The van der Waals surface area contributed by atoms with Crippen LogP contribution in [0, 0.1) is 0 Å². The Labute approximate surface area is 345 Å². The van der Waals surface area contributed by atoms with E-state index in [-0.39, 0.29) is 26.4 Å². The fourth-order valence-electron chi connectivity index (χ4n) is 5.53. The molecular formula is C44H42N8O8. The van der Waals surface area contributed by atoms with Crippen LogP contribution < -0.4 is 21.3 Å². The zero-order chi connectivity index (χ0) is 42.4. The third kappa shape index (κ3) is 10.9. The van der Waals surface area contributed by atoms with E-state index in [1.54, 1.807) is 137 Å². The predicted octanol–water partition coefficient (Wildman–Crippen LogP) is 7.06. The van der Waals surface area contributed by atoms with Crippen LogP contribution in [0.3, 0.4) is 0 Å². The van der Waals surface area contributed by atoms with E-state index >= 15 is 0 Å². The summed E-state index contributed by atoms with van der Waals surface area (Å²) in [6, 6.07) is 26.8. The number of carbonyl (C=O) groups excluding carboxylic acids is 4. The van der Waals surface area contributed by atoms with Crippen LogP contribution in [0.5, 0.6) is 0 Å². The van der Waals surface area contributed by atoms with Gasteiger partial charge in [0.2, 0.25) is 0 Å². The minimum absolute atomic E-state index is 0.260. The predicted molar refractivity (Wildman–Crippen MR) is 228 cm³/mol. The van der Waals surface area contributed by atoms with Gasteiger partial charge in [-0.3, -0.25) is 0 Å². The summed E-state index contributed by atoms with van der Waals surface area (Å²) in [7, 11) is 0. The fraction of sp³-hybridized carbons (Fsp3) is 0.182. The maximum absolute atomic E-state index is 12.2. The molecule has 0 aromatic heterocycles. The Bertz CT molecular complexity index is 2250. The topological polar surface area (TPSA) is 203 Å². The molecule has 0 radical (unpaired) electrons. The summed E-state index contributed by atoms with van der Waals surface area (Å²) >= 11 is 0. The summed E-state index contributed by atoms with van der Waals surface area (Å²) in [4.78, 5) is 67.9. The quantitative estimate of drug-likeness (QED) is 0.0792. The van der Waals surface area contributed by atoms with E-state index in [2.05, 4.69) is 21.3 Å². The van der Waals surface area contributed by atoms with Crippen molar-refractivity contribution in [1.82, 2.24) is 10.6 Å². The van der Waals surface area contributed by atoms with Gasteiger partial charge in [-0.2, -0.15) is 0 Å². The van der Waals surface area contributed by atoms with Crippen molar-refractivity contribution in [2.45, 2.75) is 27.7 Å². The van der Waals surface area contributed by atoms with Crippen LogP contribution in [-0.2, 0) is 18.9 Å². The molecule has 0 saturated carbocycles. The van der Waals surface area contributed by atoms with E-state index in [9.17, 15) is 19.2 Å². The van der Waals surface area contributed by atoms with E-state index in [1.807, 2.05) is 0 Å². The van der Waals surface area contributed by atoms with E-state index in [0.29, 0.717) is 80.0 Å². The van der Waals surface area contributed by atoms with Crippen molar-refractivity contribution in [3.63, 3.8) is 0 Å². The molecule has 0 amide bonds. The number of esters is 4. The molecule has 2 aliphatic heterocycles. The first-order valence-corrected chi connectivity index (χ1v) is 19.1. The lowest BCUT2D eigenvalue weighted by Gasteiger charge is -2.08. The summed E-state index contributed by atoms with van der Waals surface area (Å²) in [5, 5.41) is 13.0.